The van der Waals surface area contributed by atoms with E-state index < -0.39 is 0 Å². The van der Waals surface area contributed by atoms with E-state index >= 15 is 0 Å². The van der Waals surface area contributed by atoms with Crippen LogP contribution in [-0.2, 0) is 4.74 Å². The Morgan fingerprint density at radius 3 is 2.76 bits per heavy atom. The number of carbonyl (C=O) groups is 1. The quantitative estimate of drug-likeness (QED) is 0.816. The molecule has 1 fully saturated rings. The summed E-state index contributed by atoms with van der Waals surface area (Å²) >= 11 is 0. The van der Waals surface area contributed by atoms with E-state index in [0.717, 1.165) is 50.4 Å². The monoisotopic (exact) mass is 343 g/mol. The summed E-state index contributed by atoms with van der Waals surface area (Å²) in [5.74, 6) is 0.862. The highest BCUT2D eigenvalue weighted by atomic mass is 16.5. The Balaban J connectivity index is 1.54. The highest BCUT2D eigenvalue weighted by molar-refractivity contribution is 5.93. The average Bonchev–Trinajstić information content (AvgIpc) is 3.01. The smallest absolute Gasteiger partial charge is 0.273 e. The van der Waals surface area contributed by atoms with Crippen molar-refractivity contribution in [2.75, 3.05) is 39.4 Å². The molecule has 0 atom stereocenters. The van der Waals surface area contributed by atoms with Gasteiger partial charge in [-0.05, 0) is 38.4 Å². The lowest BCUT2D eigenvalue weighted by Gasteiger charge is -2.26. The zero-order valence-corrected chi connectivity index (χ0v) is 14.9. The lowest BCUT2D eigenvalue weighted by Crippen LogP contribution is -2.38. The first-order valence-electron chi connectivity index (χ1n) is 8.77. The Bertz CT molecular complexity index is 720. The number of nitrogens with one attached hydrogen (secondary N) is 1. The van der Waals surface area contributed by atoms with Crippen molar-refractivity contribution in [3.63, 3.8) is 0 Å². The van der Waals surface area contributed by atoms with Gasteiger partial charge in [-0.3, -0.25) is 9.69 Å². The number of carbonyl (C=O) groups excluding carboxylic acids is 1. The predicted octanol–water partition coefficient (Wildman–Crippen LogP) is 2.41. The summed E-state index contributed by atoms with van der Waals surface area (Å²) in [5.41, 5.74) is 2.35. The number of oxazole rings is 1. The minimum absolute atomic E-state index is 0.178. The molecule has 0 aliphatic carbocycles. The summed E-state index contributed by atoms with van der Waals surface area (Å²) in [7, 11) is 0. The van der Waals surface area contributed by atoms with E-state index in [2.05, 4.69) is 15.2 Å². The normalized spacial score (nSPS) is 15.3. The topological polar surface area (TPSA) is 67.6 Å². The molecule has 0 unspecified atom stereocenters. The van der Waals surface area contributed by atoms with Crippen molar-refractivity contribution in [3.05, 3.63) is 41.3 Å². The van der Waals surface area contributed by atoms with Crippen molar-refractivity contribution in [1.82, 2.24) is 15.2 Å². The Kier molecular flexibility index (Phi) is 5.83. The second-order valence-electron chi connectivity index (χ2n) is 6.30. The van der Waals surface area contributed by atoms with Crippen LogP contribution in [0.15, 0.2) is 28.7 Å². The van der Waals surface area contributed by atoms with Crippen molar-refractivity contribution in [2.45, 2.75) is 20.3 Å². The number of amides is 1. The Labute approximate surface area is 148 Å². The molecule has 134 valence electrons. The summed E-state index contributed by atoms with van der Waals surface area (Å²) < 4.78 is 11.0. The van der Waals surface area contributed by atoms with Crippen molar-refractivity contribution in [3.8, 4) is 11.5 Å². The molecule has 3 rings (SSSR count). The first kappa shape index (κ1) is 17.6. The molecule has 1 aliphatic rings. The molecular weight excluding hydrogens is 318 g/mol. The van der Waals surface area contributed by atoms with Crippen LogP contribution in [0.1, 0.15) is 28.2 Å². The Hall–Kier alpha value is -2.18. The fourth-order valence-electron chi connectivity index (χ4n) is 2.95. The van der Waals surface area contributed by atoms with Crippen molar-refractivity contribution in [2.24, 2.45) is 0 Å². The third-order valence-corrected chi connectivity index (χ3v) is 4.43. The zero-order chi connectivity index (χ0) is 17.6. The van der Waals surface area contributed by atoms with Gasteiger partial charge in [0.05, 0.1) is 13.2 Å². The summed E-state index contributed by atoms with van der Waals surface area (Å²) in [6.07, 6.45) is 0.910. The van der Waals surface area contributed by atoms with Crippen LogP contribution < -0.4 is 5.32 Å². The van der Waals surface area contributed by atoms with Gasteiger partial charge in [0.15, 0.2) is 5.69 Å². The van der Waals surface area contributed by atoms with Gasteiger partial charge in [0.1, 0.15) is 5.76 Å². The van der Waals surface area contributed by atoms with E-state index in [-0.39, 0.29) is 5.91 Å². The van der Waals surface area contributed by atoms with Gasteiger partial charge >= 0.3 is 0 Å². The summed E-state index contributed by atoms with van der Waals surface area (Å²) in [6, 6.07) is 7.86. The predicted molar refractivity (Wildman–Crippen MR) is 95.6 cm³/mol. The van der Waals surface area contributed by atoms with E-state index in [1.165, 1.54) is 0 Å². The summed E-state index contributed by atoms with van der Waals surface area (Å²) in [6.45, 7) is 8.90. The second-order valence-corrected chi connectivity index (χ2v) is 6.30. The third-order valence-electron chi connectivity index (χ3n) is 4.43. The Morgan fingerprint density at radius 2 is 2.00 bits per heavy atom. The molecule has 0 saturated carbocycles. The van der Waals surface area contributed by atoms with Crippen LogP contribution in [0, 0.1) is 13.8 Å². The molecule has 1 saturated heterocycles. The number of hydrogen-bond acceptors (Lipinski definition) is 5. The van der Waals surface area contributed by atoms with Crippen LogP contribution in [0.5, 0.6) is 0 Å². The van der Waals surface area contributed by atoms with Crippen LogP contribution >= 0.6 is 0 Å². The zero-order valence-electron chi connectivity index (χ0n) is 14.9. The maximum Gasteiger partial charge on any atom is 0.273 e. The highest BCUT2D eigenvalue weighted by Crippen LogP contribution is 2.24. The van der Waals surface area contributed by atoms with E-state index in [1.54, 1.807) is 6.92 Å². The van der Waals surface area contributed by atoms with Crippen molar-refractivity contribution >= 4 is 5.91 Å². The lowest BCUT2D eigenvalue weighted by molar-refractivity contribution is 0.0374. The largest absolute Gasteiger partial charge is 0.441 e. The lowest BCUT2D eigenvalue weighted by atomic mass is 10.1. The van der Waals surface area contributed by atoms with Gasteiger partial charge in [0.2, 0.25) is 5.89 Å². The molecule has 1 aromatic carbocycles. The van der Waals surface area contributed by atoms with Gasteiger partial charge in [0.25, 0.3) is 5.91 Å². The van der Waals surface area contributed by atoms with E-state index in [4.69, 9.17) is 9.15 Å². The third kappa shape index (κ3) is 4.46. The molecule has 1 amide bonds. The first-order valence-corrected chi connectivity index (χ1v) is 8.77. The fraction of sp³-hybridized carbons (Fsp3) is 0.474. The number of rotatable bonds is 6. The highest BCUT2D eigenvalue weighted by Gasteiger charge is 2.18. The molecule has 1 aromatic heterocycles. The first-order chi connectivity index (χ1) is 12.1. The van der Waals surface area contributed by atoms with Crippen LogP contribution in [0.4, 0.5) is 0 Å². The molecule has 0 radical (unpaired) electrons. The molecule has 6 nitrogen and oxygen atoms in total. The van der Waals surface area contributed by atoms with Gasteiger partial charge in [-0.15, -0.1) is 0 Å². The van der Waals surface area contributed by atoms with Gasteiger partial charge in [-0.1, -0.05) is 18.2 Å². The summed E-state index contributed by atoms with van der Waals surface area (Å²) in [5, 5.41) is 2.94. The molecule has 1 N–H and O–H groups in total. The second kappa shape index (κ2) is 8.27. The van der Waals surface area contributed by atoms with Crippen molar-refractivity contribution < 1.29 is 13.9 Å². The van der Waals surface area contributed by atoms with E-state index in [0.29, 0.717) is 23.9 Å². The number of aromatic nitrogens is 1. The maximum atomic E-state index is 12.4. The van der Waals surface area contributed by atoms with Gasteiger partial charge in [-0.2, -0.15) is 0 Å². The number of ether oxygens (including phenoxy) is 1. The molecule has 0 spiro atoms. The van der Waals surface area contributed by atoms with E-state index in [1.807, 2.05) is 31.2 Å². The molecule has 6 heteroatoms. The standard InChI is InChI=1S/C19H25N3O3/c1-14-6-3-4-7-16(14)19-21-17(15(2)25-19)18(23)20-8-5-9-22-10-12-24-13-11-22/h3-4,6-7H,5,8-13H2,1-2H3,(H,20,23). The number of aryl methyl sites for hydroxylation is 2. The van der Waals surface area contributed by atoms with Gasteiger partial charge in [0, 0.05) is 25.2 Å². The molecule has 2 aromatic rings. The maximum absolute atomic E-state index is 12.4. The average molecular weight is 343 g/mol. The van der Waals surface area contributed by atoms with Crippen LogP contribution in [0.2, 0.25) is 0 Å². The summed E-state index contributed by atoms with van der Waals surface area (Å²) in [4.78, 5) is 19.1. The molecule has 25 heavy (non-hydrogen) atoms. The Morgan fingerprint density at radius 1 is 1.24 bits per heavy atom. The minimum atomic E-state index is -0.178. The van der Waals surface area contributed by atoms with Crippen molar-refractivity contribution in [1.29, 1.82) is 0 Å². The van der Waals surface area contributed by atoms with E-state index in [9.17, 15) is 4.79 Å². The number of morpholine rings is 1. The van der Waals surface area contributed by atoms with Crippen LogP contribution in [0.3, 0.4) is 0 Å². The van der Waals surface area contributed by atoms with Crippen LogP contribution in [-0.4, -0.2) is 55.2 Å². The SMILES string of the molecule is Cc1ccccc1-c1nc(C(=O)NCCCN2CCOCC2)c(C)o1. The number of nitrogens with zero attached hydrogens (tertiary/aromatic N) is 2. The van der Waals surface area contributed by atoms with Gasteiger partial charge < -0.3 is 14.5 Å². The number of hydrogen-bond donors (Lipinski definition) is 1. The van der Waals surface area contributed by atoms with Crippen LogP contribution in [0.25, 0.3) is 11.5 Å². The fourth-order valence-corrected chi connectivity index (χ4v) is 2.95. The molecular formula is C19H25N3O3. The molecule has 2 heterocycles. The number of benzene rings is 1. The van der Waals surface area contributed by atoms with Gasteiger partial charge in [-0.25, -0.2) is 4.98 Å². The molecule has 0 bridgehead atoms. The molecule has 1 aliphatic heterocycles. The minimum Gasteiger partial charge on any atom is -0.441 e.